The Balaban J connectivity index is 2.17. The van der Waals surface area contributed by atoms with E-state index in [9.17, 15) is 14.7 Å². The van der Waals surface area contributed by atoms with Gasteiger partial charge in [-0.05, 0) is 17.7 Å². The van der Waals surface area contributed by atoms with Crippen LogP contribution in [0.4, 0.5) is 0 Å². The third-order valence-electron chi connectivity index (χ3n) is 3.05. The van der Waals surface area contributed by atoms with Crippen LogP contribution in [0, 0.1) is 0 Å². The standard InChI is InChI=1S/C18H16O5/c1-22-18(21)16(20)11-15(19)14-9-5-6-10-17(14)23-12-13-7-3-2-4-8-13/h2-11,20H,12H2,1H3/b16-11-. The van der Waals surface area contributed by atoms with E-state index in [1.165, 1.54) is 0 Å². The summed E-state index contributed by atoms with van der Waals surface area (Å²) in [6.07, 6.45) is 0.816. The van der Waals surface area contributed by atoms with E-state index in [2.05, 4.69) is 4.74 Å². The minimum absolute atomic E-state index is 0.249. The number of aliphatic hydroxyl groups is 1. The summed E-state index contributed by atoms with van der Waals surface area (Å²) in [5.41, 5.74) is 1.21. The summed E-state index contributed by atoms with van der Waals surface area (Å²) in [7, 11) is 1.12. The molecule has 0 fully saturated rings. The molecule has 0 heterocycles. The Kier molecular flexibility index (Phi) is 5.52. The zero-order valence-corrected chi connectivity index (χ0v) is 12.6. The van der Waals surface area contributed by atoms with Crippen LogP contribution in [0.1, 0.15) is 15.9 Å². The van der Waals surface area contributed by atoms with Crippen LogP contribution in [-0.4, -0.2) is 24.0 Å². The minimum atomic E-state index is -0.971. The number of benzene rings is 2. The number of methoxy groups -OCH3 is 1. The molecular weight excluding hydrogens is 296 g/mol. The number of esters is 1. The Labute approximate surface area is 133 Å². The molecule has 0 aliphatic rings. The van der Waals surface area contributed by atoms with Gasteiger partial charge in [-0.25, -0.2) is 4.79 Å². The molecule has 23 heavy (non-hydrogen) atoms. The van der Waals surface area contributed by atoms with E-state index in [4.69, 9.17) is 4.74 Å². The largest absolute Gasteiger partial charge is 0.502 e. The van der Waals surface area contributed by atoms with E-state index in [0.29, 0.717) is 12.4 Å². The number of hydrogen-bond acceptors (Lipinski definition) is 5. The topological polar surface area (TPSA) is 72.8 Å². The van der Waals surface area contributed by atoms with Crippen molar-refractivity contribution < 1.29 is 24.2 Å². The molecule has 0 saturated heterocycles. The van der Waals surface area contributed by atoms with Crippen LogP contribution in [0.15, 0.2) is 66.4 Å². The number of hydrogen-bond donors (Lipinski definition) is 1. The van der Waals surface area contributed by atoms with Gasteiger partial charge >= 0.3 is 5.97 Å². The Morgan fingerprint density at radius 1 is 1.04 bits per heavy atom. The average Bonchev–Trinajstić information content (AvgIpc) is 2.60. The lowest BCUT2D eigenvalue weighted by Gasteiger charge is -2.09. The van der Waals surface area contributed by atoms with Crippen molar-refractivity contribution in [2.45, 2.75) is 6.61 Å². The highest BCUT2D eigenvalue weighted by Gasteiger charge is 2.14. The molecule has 2 aromatic carbocycles. The second-order valence-corrected chi connectivity index (χ2v) is 4.66. The van der Waals surface area contributed by atoms with Gasteiger partial charge in [-0.1, -0.05) is 42.5 Å². The Bertz CT molecular complexity index is 719. The number of allylic oxidation sites excluding steroid dienone is 1. The van der Waals surface area contributed by atoms with Gasteiger partial charge < -0.3 is 14.6 Å². The van der Waals surface area contributed by atoms with Crippen molar-refractivity contribution in [3.8, 4) is 5.75 Å². The molecule has 0 aromatic heterocycles. The summed E-state index contributed by atoms with van der Waals surface area (Å²) in [6, 6.07) is 16.1. The zero-order chi connectivity index (χ0) is 16.7. The first-order chi connectivity index (χ1) is 11.1. The van der Waals surface area contributed by atoms with Gasteiger partial charge in [0.15, 0.2) is 5.78 Å². The maximum Gasteiger partial charge on any atom is 0.373 e. The third-order valence-corrected chi connectivity index (χ3v) is 3.05. The average molecular weight is 312 g/mol. The highest BCUT2D eigenvalue weighted by Crippen LogP contribution is 2.20. The SMILES string of the molecule is COC(=O)/C(O)=C/C(=O)c1ccccc1OCc1ccccc1. The van der Waals surface area contributed by atoms with E-state index in [0.717, 1.165) is 18.7 Å². The number of ketones is 1. The molecular formula is C18H16O5. The van der Waals surface area contributed by atoms with E-state index in [1.807, 2.05) is 30.3 Å². The first kappa shape index (κ1) is 16.3. The maximum atomic E-state index is 12.2. The summed E-state index contributed by atoms with van der Waals surface area (Å²) >= 11 is 0. The number of para-hydroxylation sites is 1. The van der Waals surface area contributed by atoms with Crippen molar-refractivity contribution in [3.63, 3.8) is 0 Å². The Hall–Kier alpha value is -3.08. The van der Waals surface area contributed by atoms with Crippen molar-refractivity contribution >= 4 is 11.8 Å². The molecule has 2 aromatic rings. The number of carbonyl (C=O) groups excluding carboxylic acids is 2. The molecule has 0 aliphatic carbocycles. The molecule has 0 bridgehead atoms. The summed E-state index contributed by atoms with van der Waals surface area (Å²) in [5, 5.41) is 9.47. The van der Waals surface area contributed by atoms with Gasteiger partial charge in [0.1, 0.15) is 12.4 Å². The molecule has 5 heteroatoms. The van der Waals surface area contributed by atoms with E-state index in [1.54, 1.807) is 24.3 Å². The summed E-state index contributed by atoms with van der Waals surface area (Å²) < 4.78 is 10.0. The summed E-state index contributed by atoms with van der Waals surface area (Å²) in [4.78, 5) is 23.3. The molecule has 5 nitrogen and oxygen atoms in total. The lowest BCUT2D eigenvalue weighted by Crippen LogP contribution is -2.08. The molecule has 1 N–H and O–H groups in total. The fourth-order valence-corrected chi connectivity index (χ4v) is 1.90. The monoisotopic (exact) mass is 312 g/mol. The highest BCUT2D eigenvalue weighted by atomic mass is 16.5. The first-order valence-electron chi connectivity index (χ1n) is 6.91. The van der Waals surface area contributed by atoms with Gasteiger partial charge in [0.2, 0.25) is 5.76 Å². The second-order valence-electron chi connectivity index (χ2n) is 4.66. The van der Waals surface area contributed by atoms with Crippen LogP contribution in [0.5, 0.6) is 5.75 Å². The zero-order valence-electron chi connectivity index (χ0n) is 12.6. The van der Waals surface area contributed by atoms with Crippen LogP contribution in [0.3, 0.4) is 0 Å². The van der Waals surface area contributed by atoms with Crippen LogP contribution < -0.4 is 4.74 Å². The normalized spacial score (nSPS) is 10.9. The fourth-order valence-electron chi connectivity index (χ4n) is 1.90. The molecule has 0 unspecified atom stereocenters. The number of aliphatic hydroxyl groups excluding tert-OH is 1. The van der Waals surface area contributed by atoms with Crippen LogP contribution in [0.2, 0.25) is 0 Å². The third kappa shape index (κ3) is 4.44. The molecule has 0 radical (unpaired) electrons. The molecule has 2 rings (SSSR count). The van der Waals surface area contributed by atoms with Gasteiger partial charge in [-0.3, -0.25) is 4.79 Å². The Morgan fingerprint density at radius 3 is 2.39 bits per heavy atom. The van der Waals surface area contributed by atoms with Gasteiger partial charge in [0.25, 0.3) is 0 Å². The fraction of sp³-hybridized carbons (Fsp3) is 0.111. The van der Waals surface area contributed by atoms with Crippen molar-refractivity contribution in [1.29, 1.82) is 0 Å². The van der Waals surface area contributed by atoms with Gasteiger partial charge in [-0.15, -0.1) is 0 Å². The van der Waals surface area contributed by atoms with Crippen molar-refractivity contribution in [2.75, 3.05) is 7.11 Å². The summed E-state index contributed by atoms with van der Waals surface area (Å²) in [5.74, 6) is -1.90. The maximum absolute atomic E-state index is 12.2. The number of rotatable bonds is 6. The highest BCUT2D eigenvalue weighted by molar-refractivity contribution is 6.09. The molecule has 0 spiro atoms. The van der Waals surface area contributed by atoms with Crippen molar-refractivity contribution in [2.24, 2.45) is 0 Å². The predicted octanol–water partition coefficient (Wildman–Crippen LogP) is 3.06. The van der Waals surface area contributed by atoms with Gasteiger partial charge in [-0.2, -0.15) is 0 Å². The quantitative estimate of drug-likeness (QED) is 0.384. The van der Waals surface area contributed by atoms with Crippen LogP contribution >= 0.6 is 0 Å². The van der Waals surface area contributed by atoms with E-state index < -0.39 is 17.5 Å². The van der Waals surface area contributed by atoms with Crippen molar-refractivity contribution in [1.82, 2.24) is 0 Å². The molecule has 0 aliphatic heterocycles. The molecule has 0 amide bonds. The minimum Gasteiger partial charge on any atom is -0.502 e. The van der Waals surface area contributed by atoms with Gasteiger partial charge in [0.05, 0.1) is 12.7 Å². The van der Waals surface area contributed by atoms with Crippen LogP contribution in [-0.2, 0) is 16.1 Å². The summed E-state index contributed by atoms with van der Waals surface area (Å²) in [6.45, 7) is 0.303. The molecule has 118 valence electrons. The van der Waals surface area contributed by atoms with E-state index >= 15 is 0 Å². The lowest BCUT2D eigenvalue weighted by atomic mass is 10.1. The smallest absolute Gasteiger partial charge is 0.373 e. The van der Waals surface area contributed by atoms with Gasteiger partial charge in [0, 0.05) is 6.08 Å². The molecule has 0 atom stereocenters. The van der Waals surface area contributed by atoms with E-state index in [-0.39, 0.29) is 5.56 Å². The van der Waals surface area contributed by atoms with Crippen LogP contribution in [0.25, 0.3) is 0 Å². The first-order valence-corrected chi connectivity index (χ1v) is 6.91. The molecule has 0 saturated carbocycles. The Morgan fingerprint density at radius 2 is 1.70 bits per heavy atom. The predicted molar refractivity (Wildman–Crippen MR) is 84.3 cm³/mol. The number of carbonyl (C=O) groups is 2. The lowest BCUT2D eigenvalue weighted by molar-refractivity contribution is -0.139. The second kappa shape index (κ2) is 7.79. The van der Waals surface area contributed by atoms with Crippen molar-refractivity contribution in [3.05, 3.63) is 77.6 Å². The number of ether oxygens (including phenoxy) is 2.